The zero-order chi connectivity index (χ0) is 22.5. The maximum absolute atomic E-state index is 12.4. The van der Waals surface area contributed by atoms with Gasteiger partial charge in [-0.3, -0.25) is 9.69 Å². The van der Waals surface area contributed by atoms with Gasteiger partial charge >= 0.3 is 0 Å². The lowest BCUT2D eigenvalue weighted by molar-refractivity contribution is 0.246. The molecule has 0 bridgehead atoms. The minimum absolute atomic E-state index is 0.0921. The maximum atomic E-state index is 12.4. The van der Waals surface area contributed by atoms with Crippen LogP contribution in [0.3, 0.4) is 0 Å². The van der Waals surface area contributed by atoms with Crippen molar-refractivity contribution < 1.29 is 0 Å². The first-order valence-corrected chi connectivity index (χ1v) is 12.0. The molecular weight excluding hydrogens is 430 g/mol. The van der Waals surface area contributed by atoms with Crippen LogP contribution in [0, 0.1) is 0 Å². The number of para-hydroxylation sites is 1. The van der Waals surface area contributed by atoms with E-state index in [0.717, 1.165) is 55.2 Å². The number of fused-ring (bicyclic) bond motifs is 6. The second kappa shape index (κ2) is 8.05. The fraction of sp³-hybridized carbons (Fsp3) is 0.250. The van der Waals surface area contributed by atoms with E-state index in [2.05, 4.69) is 57.9 Å². The van der Waals surface area contributed by atoms with Crippen molar-refractivity contribution in [2.45, 2.75) is 25.8 Å². The summed E-state index contributed by atoms with van der Waals surface area (Å²) in [6, 6.07) is 20.7. The van der Waals surface area contributed by atoms with E-state index in [0.29, 0.717) is 10.4 Å². The van der Waals surface area contributed by atoms with Crippen LogP contribution in [0.1, 0.15) is 23.2 Å². The Hall–Kier alpha value is -3.08. The number of halogens is 1. The highest BCUT2D eigenvalue weighted by molar-refractivity contribution is 6.31. The number of aryl methyl sites for hydroxylation is 2. The molecule has 0 saturated carbocycles. The minimum Gasteiger partial charge on any atom is -0.346 e. The van der Waals surface area contributed by atoms with Crippen molar-refractivity contribution in [2.24, 2.45) is 7.05 Å². The number of benzene rings is 3. The smallest absolute Gasteiger partial charge is 0.256 e. The number of hydrogen-bond donors (Lipinski definition) is 1. The highest BCUT2D eigenvalue weighted by Crippen LogP contribution is 2.30. The van der Waals surface area contributed by atoms with E-state index in [-0.39, 0.29) is 5.56 Å². The lowest BCUT2D eigenvalue weighted by atomic mass is 10.0. The predicted molar refractivity (Wildman–Crippen MR) is 137 cm³/mol. The molecule has 166 valence electrons. The molecule has 0 atom stereocenters. The quantitative estimate of drug-likeness (QED) is 0.347. The summed E-state index contributed by atoms with van der Waals surface area (Å²) in [4.78, 5) is 18.0. The summed E-state index contributed by atoms with van der Waals surface area (Å²) in [7, 11) is 2.20. The number of H-pyrrole nitrogens is 1. The normalized spacial score (nSPS) is 14.4. The van der Waals surface area contributed by atoms with Crippen molar-refractivity contribution in [3.8, 4) is 0 Å². The summed E-state index contributed by atoms with van der Waals surface area (Å²) in [6.07, 6.45) is 3.25. The molecule has 5 heteroatoms. The topological polar surface area (TPSA) is 41.0 Å². The molecule has 1 N–H and O–H groups in total. The summed E-state index contributed by atoms with van der Waals surface area (Å²) in [6.45, 7) is 3.22. The van der Waals surface area contributed by atoms with Crippen LogP contribution in [-0.4, -0.2) is 27.5 Å². The van der Waals surface area contributed by atoms with E-state index in [1.54, 1.807) is 6.07 Å². The van der Waals surface area contributed by atoms with Crippen LogP contribution in [0.2, 0.25) is 5.02 Å². The standard InChI is InChI=1S/C28H26ClN3O/c1-31-26-7-3-2-6-21(26)22-12-14-32(17-27(22)31)13-4-5-18-8-11-25-23(15-18)20-10-9-19(29)16-24(20)28(33)30-25/h2-3,6-11,15-16H,4-5,12-14,17H2,1H3,(H,30,33). The molecule has 0 spiro atoms. The molecule has 6 rings (SSSR count). The van der Waals surface area contributed by atoms with Crippen LogP contribution in [-0.2, 0) is 26.4 Å². The third-order valence-corrected chi connectivity index (χ3v) is 7.42. The van der Waals surface area contributed by atoms with Crippen LogP contribution in [0.5, 0.6) is 0 Å². The Balaban J connectivity index is 1.20. The second-order valence-corrected chi connectivity index (χ2v) is 9.59. The maximum Gasteiger partial charge on any atom is 0.256 e. The van der Waals surface area contributed by atoms with Gasteiger partial charge in [-0.15, -0.1) is 0 Å². The van der Waals surface area contributed by atoms with Gasteiger partial charge in [-0.25, -0.2) is 0 Å². The molecule has 0 radical (unpaired) electrons. The zero-order valence-corrected chi connectivity index (χ0v) is 19.5. The summed E-state index contributed by atoms with van der Waals surface area (Å²) in [5.41, 5.74) is 6.41. The Morgan fingerprint density at radius 1 is 0.970 bits per heavy atom. The van der Waals surface area contributed by atoms with Gasteiger partial charge in [0.2, 0.25) is 0 Å². The zero-order valence-electron chi connectivity index (χ0n) is 18.7. The molecule has 3 aromatic carbocycles. The van der Waals surface area contributed by atoms with Crippen molar-refractivity contribution in [2.75, 3.05) is 13.1 Å². The Morgan fingerprint density at radius 2 is 1.85 bits per heavy atom. The van der Waals surface area contributed by atoms with Crippen molar-refractivity contribution in [1.82, 2.24) is 14.5 Å². The SMILES string of the molecule is Cn1c2c(c3ccccc31)CCN(CCCc1ccc3[nH]c(=O)c4cc(Cl)ccc4c3c1)C2. The number of aromatic amines is 1. The van der Waals surface area contributed by atoms with E-state index < -0.39 is 0 Å². The number of nitrogens with one attached hydrogen (secondary N) is 1. The van der Waals surface area contributed by atoms with Gasteiger partial charge in [0.1, 0.15) is 0 Å². The molecule has 4 nitrogen and oxygen atoms in total. The fourth-order valence-electron chi connectivity index (χ4n) is 5.47. The number of hydrogen-bond acceptors (Lipinski definition) is 2. The van der Waals surface area contributed by atoms with E-state index >= 15 is 0 Å². The molecule has 0 fully saturated rings. The van der Waals surface area contributed by atoms with Gasteiger partial charge in [-0.1, -0.05) is 41.9 Å². The molecule has 3 heterocycles. The molecule has 1 aliphatic rings. The van der Waals surface area contributed by atoms with Crippen LogP contribution in [0.4, 0.5) is 0 Å². The van der Waals surface area contributed by atoms with Gasteiger partial charge in [0, 0.05) is 58.0 Å². The third kappa shape index (κ3) is 3.54. The Bertz CT molecular complexity index is 1580. The number of nitrogens with zero attached hydrogens (tertiary/aromatic N) is 2. The molecular formula is C28H26ClN3O. The van der Waals surface area contributed by atoms with Crippen LogP contribution in [0.25, 0.3) is 32.6 Å². The summed E-state index contributed by atoms with van der Waals surface area (Å²) >= 11 is 6.12. The van der Waals surface area contributed by atoms with E-state index in [1.807, 2.05) is 18.2 Å². The van der Waals surface area contributed by atoms with Crippen molar-refractivity contribution >= 4 is 44.2 Å². The third-order valence-electron chi connectivity index (χ3n) is 7.18. The molecule has 0 saturated heterocycles. The fourth-order valence-corrected chi connectivity index (χ4v) is 5.64. The van der Waals surface area contributed by atoms with E-state index in [1.165, 1.54) is 27.7 Å². The molecule has 33 heavy (non-hydrogen) atoms. The minimum atomic E-state index is -0.0921. The van der Waals surface area contributed by atoms with Crippen LogP contribution < -0.4 is 5.56 Å². The van der Waals surface area contributed by atoms with Crippen molar-refractivity contribution in [3.05, 3.63) is 92.9 Å². The first-order valence-electron chi connectivity index (χ1n) is 11.6. The van der Waals surface area contributed by atoms with E-state index in [9.17, 15) is 4.79 Å². The van der Waals surface area contributed by atoms with E-state index in [4.69, 9.17) is 11.6 Å². The van der Waals surface area contributed by atoms with Gasteiger partial charge in [-0.05, 0) is 72.7 Å². The summed E-state index contributed by atoms with van der Waals surface area (Å²) in [5.74, 6) is 0. The molecule has 1 aliphatic heterocycles. The number of pyridine rings is 1. The highest BCUT2D eigenvalue weighted by Gasteiger charge is 2.22. The highest BCUT2D eigenvalue weighted by atomic mass is 35.5. The summed E-state index contributed by atoms with van der Waals surface area (Å²) in [5, 5.41) is 4.68. The first kappa shape index (κ1) is 20.5. The Kier molecular flexibility index (Phi) is 5.01. The molecule has 5 aromatic rings. The molecule has 2 aromatic heterocycles. The second-order valence-electron chi connectivity index (χ2n) is 9.16. The molecule has 0 aliphatic carbocycles. The average molecular weight is 456 g/mol. The molecule has 0 amide bonds. The first-order chi connectivity index (χ1) is 16.1. The van der Waals surface area contributed by atoms with Crippen LogP contribution >= 0.6 is 11.6 Å². The van der Waals surface area contributed by atoms with Crippen molar-refractivity contribution in [1.29, 1.82) is 0 Å². The van der Waals surface area contributed by atoms with Gasteiger partial charge in [0.25, 0.3) is 5.56 Å². The number of aromatic nitrogens is 2. The molecule has 0 unspecified atom stereocenters. The monoisotopic (exact) mass is 455 g/mol. The average Bonchev–Trinajstić information content (AvgIpc) is 3.11. The largest absolute Gasteiger partial charge is 0.346 e. The van der Waals surface area contributed by atoms with Gasteiger partial charge in [0.15, 0.2) is 0 Å². The van der Waals surface area contributed by atoms with Gasteiger partial charge < -0.3 is 9.55 Å². The van der Waals surface area contributed by atoms with Gasteiger partial charge in [0.05, 0.1) is 0 Å². The Labute approximate surface area is 197 Å². The predicted octanol–water partition coefficient (Wildman–Crippen LogP) is 5.82. The lowest BCUT2D eigenvalue weighted by Crippen LogP contribution is -2.32. The lowest BCUT2D eigenvalue weighted by Gasteiger charge is -2.28. The van der Waals surface area contributed by atoms with Crippen molar-refractivity contribution in [3.63, 3.8) is 0 Å². The van der Waals surface area contributed by atoms with Crippen LogP contribution in [0.15, 0.2) is 65.5 Å². The Morgan fingerprint density at radius 3 is 2.76 bits per heavy atom. The summed E-state index contributed by atoms with van der Waals surface area (Å²) < 4.78 is 2.37. The number of rotatable bonds is 4. The van der Waals surface area contributed by atoms with Gasteiger partial charge in [-0.2, -0.15) is 0 Å².